The van der Waals surface area contributed by atoms with E-state index in [9.17, 15) is 0 Å². The van der Waals surface area contributed by atoms with E-state index < -0.39 is 0 Å². The third-order valence-electron chi connectivity index (χ3n) is 4.73. The van der Waals surface area contributed by atoms with Crippen LogP contribution in [0.25, 0.3) is 5.82 Å². The number of aryl methyl sites for hydroxylation is 1. The highest BCUT2D eigenvalue weighted by molar-refractivity contribution is 14.0. The molecule has 1 atom stereocenters. The molecule has 154 valence electrons. The number of hydrogen-bond donors (Lipinski definition) is 1. The number of nitrogens with zero attached hydrogens (tertiary/aromatic N) is 7. The van der Waals surface area contributed by atoms with Gasteiger partial charge in [0.2, 0.25) is 0 Å². The van der Waals surface area contributed by atoms with Crippen molar-refractivity contribution in [1.29, 1.82) is 0 Å². The summed E-state index contributed by atoms with van der Waals surface area (Å²) >= 11 is 0. The molecule has 9 nitrogen and oxygen atoms in total. The van der Waals surface area contributed by atoms with Crippen molar-refractivity contribution >= 4 is 29.9 Å². The van der Waals surface area contributed by atoms with E-state index in [0.717, 1.165) is 36.0 Å². The van der Waals surface area contributed by atoms with Crippen LogP contribution in [-0.2, 0) is 18.3 Å². The van der Waals surface area contributed by atoms with Gasteiger partial charge in [-0.1, -0.05) is 6.07 Å². The third-order valence-corrected chi connectivity index (χ3v) is 4.73. The maximum Gasteiger partial charge on any atom is 0.194 e. The minimum atomic E-state index is -0.0131. The van der Waals surface area contributed by atoms with Gasteiger partial charge < -0.3 is 15.0 Å². The van der Waals surface area contributed by atoms with Crippen molar-refractivity contribution in [2.75, 3.05) is 26.7 Å². The first-order chi connectivity index (χ1) is 13.7. The Bertz CT molecular complexity index is 939. The van der Waals surface area contributed by atoms with Crippen molar-refractivity contribution in [3.8, 4) is 5.82 Å². The van der Waals surface area contributed by atoms with E-state index in [1.165, 1.54) is 0 Å². The summed E-state index contributed by atoms with van der Waals surface area (Å²) in [6.45, 7) is 2.78. The van der Waals surface area contributed by atoms with Crippen molar-refractivity contribution in [3.63, 3.8) is 0 Å². The van der Waals surface area contributed by atoms with E-state index in [4.69, 9.17) is 4.74 Å². The summed E-state index contributed by atoms with van der Waals surface area (Å²) in [6, 6.07) is 3.99. The van der Waals surface area contributed by atoms with Crippen LogP contribution in [0.4, 0.5) is 0 Å². The number of aliphatic imine (C=N–C) groups is 1. The number of guanidine groups is 1. The molecule has 1 aliphatic rings. The Morgan fingerprint density at radius 3 is 3.00 bits per heavy atom. The SMILES string of the molecule is CN=C(NCc1cccnc1-n1ccnc1)N1CCOC(c2cnn(C)c2)C1.I. The van der Waals surface area contributed by atoms with Gasteiger partial charge in [0.1, 0.15) is 18.2 Å². The molecule has 10 heteroatoms. The van der Waals surface area contributed by atoms with Crippen LogP contribution in [0.5, 0.6) is 0 Å². The van der Waals surface area contributed by atoms with Gasteiger partial charge in [-0.25, -0.2) is 9.97 Å². The fourth-order valence-electron chi connectivity index (χ4n) is 3.34. The van der Waals surface area contributed by atoms with E-state index in [0.29, 0.717) is 13.2 Å². The van der Waals surface area contributed by atoms with Crippen molar-refractivity contribution in [3.05, 3.63) is 60.6 Å². The van der Waals surface area contributed by atoms with E-state index in [2.05, 4.69) is 36.3 Å². The topological polar surface area (TPSA) is 85.4 Å². The van der Waals surface area contributed by atoms with Crippen LogP contribution < -0.4 is 5.32 Å². The van der Waals surface area contributed by atoms with Crippen molar-refractivity contribution < 1.29 is 4.74 Å². The van der Waals surface area contributed by atoms with Gasteiger partial charge in [0, 0.05) is 63.1 Å². The molecule has 0 aromatic carbocycles. The van der Waals surface area contributed by atoms with Crippen molar-refractivity contribution in [2.45, 2.75) is 12.6 Å². The Morgan fingerprint density at radius 2 is 2.28 bits per heavy atom. The highest BCUT2D eigenvalue weighted by Gasteiger charge is 2.25. The summed E-state index contributed by atoms with van der Waals surface area (Å²) in [5, 5.41) is 7.71. The number of pyridine rings is 1. The standard InChI is InChI=1S/C19H24N8O.HI/c1-20-19(26-8-9-28-17(13-26)16-11-24-25(2)12-16)23-10-15-4-3-5-22-18(15)27-7-6-21-14-27;/h3-7,11-12,14,17H,8-10,13H2,1-2H3,(H,20,23);1H. The van der Waals surface area contributed by atoms with E-state index in [1.54, 1.807) is 30.5 Å². The van der Waals surface area contributed by atoms with Gasteiger partial charge in [-0.05, 0) is 6.07 Å². The Kier molecular flexibility index (Phi) is 7.20. The molecule has 1 saturated heterocycles. The molecule has 3 aromatic rings. The molecule has 3 aromatic heterocycles. The smallest absolute Gasteiger partial charge is 0.194 e. The maximum atomic E-state index is 5.94. The number of rotatable bonds is 4. The minimum Gasteiger partial charge on any atom is -0.370 e. The zero-order valence-electron chi connectivity index (χ0n) is 16.5. The summed E-state index contributed by atoms with van der Waals surface area (Å²) in [5.41, 5.74) is 2.15. The third kappa shape index (κ3) is 4.93. The number of imidazole rings is 1. The molecule has 1 fully saturated rings. The average Bonchev–Trinajstić information content (AvgIpc) is 3.41. The second-order valence-electron chi connectivity index (χ2n) is 6.61. The molecule has 29 heavy (non-hydrogen) atoms. The summed E-state index contributed by atoms with van der Waals surface area (Å²) < 4.78 is 9.64. The fraction of sp³-hybridized carbons (Fsp3) is 0.368. The molecule has 4 heterocycles. The molecular formula is C19H25IN8O. The molecular weight excluding hydrogens is 483 g/mol. The predicted molar refractivity (Wildman–Crippen MR) is 120 cm³/mol. The number of nitrogens with one attached hydrogen (secondary N) is 1. The zero-order chi connectivity index (χ0) is 19.3. The lowest BCUT2D eigenvalue weighted by Crippen LogP contribution is -2.48. The lowest BCUT2D eigenvalue weighted by Gasteiger charge is -2.34. The summed E-state index contributed by atoms with van der Waals surface area (Å²) in [5.74, 6) is 1.70. The molecule has 0 saturated carbocycles. The highest BCUT2D eigenvalue weighted by atomic mass is 127. The number of morpholine rings is 1. The van der Waals surface area contributed by atoms with Crippen LogP contribution in [0.3, 0.4) is 0 Å². The first-order valence-electron chi connectivity index (χ1n) is 9.22. The average molecular weight is 508 g/mol. The van der Waals surface area contributed by atoms with Gasteiger partial charge in [-0.2, -0.15) is 5.10 Å². The molecule has 1 N–H and O–H groups in total. The lowest BCUT2D eigenvalue weighted by molar-refractivity contribution is -0.00805. The van der Waals surface area contributed by atoms with Crippen LogP contribution in [0.15, 0.2) is 54.4 Å². The first-order valence-corrected chi connectivity index (χ1v) is 9.22. The second-order valence-corrected chi connectivity index (χ2v) is 6.61. The van der Waals surface area contributed by atoms with Gasteiger partial charge >= 0.3 is 0 Å². The molecule has 0 radical (unpaired) electrons. The van der Waals surface area contributed by atoms with Crippen LogP contribution in [-0.4, -0.2) is 61.9 Å². The maximum absolute atomic E-state index is 5.94. The van der Waals surface area contributed by atoms with Gasteiger partial charge in [-0.15, -0.1) is 24.0 Å². The van der Waals surface area contributed by atoms with Crippen LogP contribution in [0, 0.1) is 0 Å². The lowest BCUT2D eigenvalue weighted by atomic mass is 10.1. The normalized spacial score (nSPS) is 17.1. The molecule has 0 aliphatic carbocycles. The first kappa shape index (κ1) is 21.2. The Hall–Kier alpha value is -2.47. The number of hydrogen-bond acceptors (Lipinski definition) is 5. The summed E-state index contributed by atoms with van der Waals surface area (Å²) in [7, 11) is 3.72. The molecule has 0 spiro atoms. The Morgan fingerprint density at radius 1 is 1.38 bits per heavy atom. The van der Waals surface area contributed by atoms with Gasteiger partial charge in [0.15, 0.2) is 5.96 Å². The van der Waals surface area contributed by atoms with Crippen LogP contribution in [0.2, 0.25) is 0 Å². The van der Waals surface area contributed by atoms with Crippen molar-refractivity contribution in [2.24, 2.45) is 12.0 Å². The zero-order valence-corrected chi connectivity index (χ0v) is 18.8. The van der Waals surface area contributed by atoms with Gasteiger partial charge in [-0.3, -0.25) is 14.2 Å². The van der Waals surface area contributed by atoms with E-state index in [1.807, 2.05) is 36.3 Å². The van der Waals surface area contributed by atoms with Crippen molar-refractivity contribution in [1.82, 2.24) is 34.5 Å². The second kappa shape index (κ2) is 9.83. The molecule has 0 amide bonds. The summed E-state index contributed by atoms with van der Waals surface area (Å²) in [6.07, 6.45) is 11.0. The largest absolute Gasteiger partial charge is 0.370 e. The quantitative estimate of drug-likeness (QED) is 0.329. The summed E-state index contributed by atoms with van der Waals surface area (Å²) in [4.78, 5) is 15.3. The van der Waals surface area contributed by atoms with E-state index in [-0.39, 0.29) is 30.1 Å². The monoisotopic (exact) mass is 508 g/mol. The Labute approximate surface area is 186 Å². The highest BCUT2D eigenvalue weighted by Crippen LogP contribution is 2.21. The fourth-order valence-corrected chi connectivity index (χ4v) is 3.34. The number of aromatic nitrogens is 5. The molecule has 1 aliphatic heterocycles. The van der Waals surface area contributed by atoms with Gasteiger partial charge in [0.05, 0.1) is 19.3 Å². The molecule has 1 unspecified atom stereocenters. The number of ether oxygens (including phenoxy) is 1. The Balaban J connectivity index is 0.00000240. The molecule has 0 bridgehead atoms. The van der Waals surface area contributed by atoms with Gasteiger partial charge in [0.25, 0.3) is 0 Å². The van der Waals surface area contributed by atoms with E-state index >= 15 is 0 Å². The predicted octanol–water partition coefficient (Wildman–Crippen LogP) is 1.77. The van der Waals surface area contributed by atoms with Crippen LogP contribution >= 0.6 is 24.0 Å². The minimum absolute atomic E-state index is 0. The molecule has 4 rings (SSSR count). The number of halogens is 1. The van der Waals surface area contributed by atoms with Crippen LogP contribution in [0.1, 0.15) is 17.2 Å².